The fourth-order valence-corrected chi connectivity index (χ4v) is 5.79. The van der Waals surface area contributed by atoms with Crippen molar-refractivity contribution in [2.24, 2.45) is 11.8 Å². The Morgan fingerprint density at radius 3 is 2.38 bits per heavy atom. The summed E-state index contributed by atoms with van der Waals surface area (Å²) in [4.78, 5) is 41.7. The zero-order chi connectivity index (χ0) is 20.6. The van der Waals surface area contributed by atoms with E-state index in [0.717, 1.165) is 31.2 Å². The van der Waals surface area contributed by atoms with Gasteiger partial charge >= 0.3 is 0 Å². The van der Waals surface area contributed by atoms with Gasteiger partial charge < -0.3 is 15.1 Å². The molecule has 0 aromatic heterocycles. The van der Waals surface area contributed by atoms with Crippen molar-refractivity contribution in [3.63, 3.8) is 0 Å². The predicted octanol–water partition coefficient (Wildman–Crippen LogP) is 2.50. The second kappa shape index (κ2) is 7.81. The van der Waals surface area contributed by atoms with Crippen molar-refractivity contribution in [3.8, 4) is 0 Å². The zero-order valence-electron chi connectivity index (χ0n) is 17.4. The SMILES string of the molecule is CC(=O)N[C@@]12CCN(C(=O)C3CCCC3)C[C@@H]1[C@@H](c1ccccc1)N(C(C)=O)C2. The smallest absolute Gasteiger partial charge is 0.225 e. The number of amides is 3. The zero-order valence-corrected chi connectivity index (χ0v) is 17.4. The van der Waals surface area contributed by atoms with Crippen LogP contribution in [0.5, 0.6) is 0 Å². The Labute approximate surface area is 172 Å². The lowest BCUT2D eigenvalue weighted by Gasteiger charge is -2.45. The number of benzene rings is 1. The molecule has 0 bridgehead atoms. The van der Waals surface area contributed by atoms with E-state index in [0.29, 0.717) is 26.1 Å². The first-order valence-electron chi connectivity index (χ1n) is 10.8. The van der Waals surface area contributed by atoms with E-state index in [9.17, 15) is 14.4 Å². The molecule has 156 valence electrons. The minimum absolute atomic E-state index is 0.00616. The summed E-state index contributed by atoms with van der Waals surface area (Å²) in [5.41, 5.74) is 0.583. The summed E-state index contributed by atoms with van der Waals surface area (Å²) in [7, 11) is 0. The van der Waals surface area contributed by atoms with Crippen LogP contribution in [0.2, 0.25) is 0 Å². The van der Waals surface area contributed by atoms with Gasteiger partial charge in [-0.05, 0) is 24.8 Å². The van der Waals surface area contributed by atoms with Crippen LogP contribution < -0.4 is 5.32 Å². The molecule has 6 nitrogen and oxygen atoms in total. The molecule has 1 aromatic carbocycles. The van der Waals surface area contributed by atoms with Gasteiger partial charge in [-0.3, -0.25) is 14.4 Å². The Morgan fingerprint density at radius 1 is 1.07 bits per heavy atom. The van der Waals surface area contributed by atoms with E-state index < -0.39 is 5.54 Å². The normalized spacial score (nSPS) is 29.6. The summed E-state index contributed by atoms with van der Waals surface area (Å²) in [5, 5.41) is 3.20. The number of nitrogens with one attached hydrogen (secondary N) is 1. The van der Waals surface area contributed by atoms with Crippen LogP contribution in [0.1, 0.15) is 57.6 Å². The van der Waals surface area contributed by atoms with Crippen LogP contribution in [0.25, 0.3) is 0 Å². The van der Waals surface area contributed by atoms with Crippen LogP contribution in [0.15, 0.2) is 30.3 Å². The molecule has 3 fully saturated rings. The van der Waals surface area contributed by atoms with Crippen LogP contribution in [-0.4, -0.2) is 52.7 Å². The van der Waals surface area contributed by atoms with Crippen LogP contribution in [0.4, 0.5) is 0 Å². The summed E-state index contributed by atoms with van der Waals surface area (Å²) in [6, 6.07) is 9.88. The molecule has 1 saturated carbocycles. The molecule has 2 saturated heterocycles. The van der Waals surface area contributed by atoms with Gasteiger partial charge in [0, 0.05) is 45.3 Å². The molecule has 29 heavy (non-hydrogen) atoms. The summed E-state index contributed by atoms with van der Waals surface area (Å²) in [5.74, 6) is 0.307. The molecule has 0 radical (unpaired) electrons. The number of carbonyl (C=O) groups excluding carboxylic acids is 3. The number of hydrogen-bond acceptors (Lipinski definition) is 3. The van der Waals surface area contributed by atoms with Crippen molar-refractivity contribution in [1.82, 2.24) is 15.1 Å². The van der Waals surface area contributed by atoms with Crippen LogP contribution in [-0.2, 0) is 14.4 Å². The van der Waals surface area contributed by atoms with E-state index in [-0.39, 0.29) is 35.6 Å². The Hall–Kier alpha value is -2.37. The molecule has 0 spiro atoms. The van der Waals surface area contributed by atoms with E-state index in [1.807, 2.05) is 40.1 Å². The molecule has 1 aromatic rings. The average molecular weight is 398 g/mol. The van der Waals surface area contributed by atoms with Crippen LogP contribution >= 0.6 is 0 Å². The molecular formula is C23H31N3O3. The number of nitrogens with zero attached hydrogens (tertiary/aromatic N) is 2. The largest absolute Gasteiger partial charge is 0.349 e. The van der Waals surface area contributed by atoms with Gasteiger partial charge in [0.25, 0.3) is 0 Å². The molecule has 2 aliphatic heterocycles. The number of piperidine rings is 1. The topological polar surface area (TPSA) is 69.7 Å². The Morgan fingerprint density at radius 2 is 1.76 bits per heavy atom. The maximum Gasteiger partial charge on any atom is 0.225 e. The quantitative estimate of drug-likeness (QED) is 0.852. The number of rotatable bonds is 3. The second-order valence-corrected chi connectivity index (χ2v) is 8.96. The molecule has 4 rings (SSSR count). The van der Waals surface area contributed by atoms with Crippen molar-refractivity contribution in [2.75, 3.05) is 19.6 Å². The molecule has 0 unspecified atom stereocenters. The van der Waals surface area contributed by atoms with Crippen LogP contribution in [0, 0.1) is 11.8 Å². The van der Waals surface area contributed by atoms with Gasteiger partial charge in [0.15, 0.2) is 0 Å². The Bertz CT molecular complexity index is 790. The molecule has 3 amide bonds. The van der Waals surface area contributed by atoms with E-state index in [2.05, 4.69) is 5.32 Å². The Kier molecular flexibility index (Phi) is 5.36. The first-order valence-corrected chi connectivity index (χ1v) is 10.8. The molecule has 3 aliphatic rings. The van der Waals surface area contributed by atoms with Crippen LogP contribution in [0.3, 0.4) is 0 Å². The number of likely N-dealkylation sites (tertiary alicyclic amines) is 2. The van der Waals surface area contributed by atoms with Crippen molar-refractivity contribution in [2.45, 2.75) is 57.5 Å². The highest BCUT2D eigenvalue weighted by molar-refractivity contribution is 5.80. The predicted molar refractivity (Wildman–Crippen MR) is 110 cm³/mol. The number of fused-ring (bicyclic) bond motifs is 1. The fraction of sp³-hybridized carbons (Fsp3) is 0.609. The molecule has 1 N–H and O–H groups in total. The minimum atomic E-state index is -0.482. The fourth-order valence-electron chi connectivity index (χ4n) is 5.79. The number of carbonyl (C=O) groups is 3. The summed E-state index contributed by atoms with van der Waals surface area (Å²) >= 11 is 0. The van der Waals surface area contributed by atoms with Gasteiger partial charge in [0.1, 0.15) is 0 Å². The molecular weight excluding hydrogens is 366 g/mol. The van der Waals surface area contributed by atoms with E-state index >= 15 is 0 Å². The summed E-state index contributed by atoms with van der Waals surface area (Å²) < 4.78 is 0. The monoisotopic (exact) mass is 397 g/mol. The lowest BCUT2D eigenvalue weighted by molar-refractivity contribution is -0.138. The van der Waals surface area contributed by atoms with E-state index in [1.165, 1.54) is 6.92 Å². The third-order valence-corrected chi connectivity index (χ3v) is 7.11. The lowest BCUT2D eigenvalue weighted by atomic mass is 9.75. The third kappa shape index (κ3) is 3.65. The maximum absolute atomic E-state index is 13.1. The minimum Gasteiger partial charge on any atom is -0.349 e. The van der Waals surface area contributed by atoms with Gasteiger partial charge in [-0.2, -0.15) is 0 Å². The van der Waals surface area contributed by atoms with Gasteiger partial charge in [-0.25, -0.2) is 0 Å². The van der Waals surface area contributed by atoms with E-state index in [4.69, 9.17) is 0 Å². The van der Waals surface area contributed by atoms with E-state index in [1.54, 1.807) is 6.92 Å². The summed E-state index contributed by atoms with van der Waals surface area (Å²) in [6.45, 7) is 4.85. The molecule has 6 heteroatoms. The third-order valence-electron chi connectivity index (χ3n) is 7.11. The molecule has 2 heterocycles. The van der Waals surface area contributed by atoms with Crippen molar-refractivity contribution in [3.05, 3.63) is 35.9 Å². The first kappa shape index (κ1) is 19.9. The maximum atomic E-state index is 13.1. The second-order valence-electron chi connectivity index (χ2n) is 8.96. The van der Waals surface area contributed by atoms with Gasteiger partial charge in [0.05, 0.1) is 11.6 Å². The first-order chi connectivity index (χ1) is 13.9. The lowest BCUT2D eigenvalue weighted by Crippen LogP contribution is -2.62. The Balaban J connectivity index is 1.69. The molecule has 1 aliphatic carbocycles. The highest BCUT2D eigenvalue weighted by atomic mass is 16.2. The van der Waals surface area contributed by atoms with Gasteiger partial charge in [0.2, 0.25) is 17.7 Å². The standard InChI is InChI=1S/C23H31N3O3/c1-16(27)24-23-12-13-25(22(29)19-10-6-7-11-19)14-20(23)21(26(15-23)17(2)28)18-8-4-3-5-9-18/h3-5,8-9,19-21H,6-7,10-15H2,1-2H3,(H,24,27)/t20-,21-,23-/m1/s1. The highest BCUT2D eigenvalue weighted by Gasteiger charge is 2.57. The van der Waals surface area contributed by atoms with Crippen molar-refractivity contribution < 1.29 is 14.4 Å². The molecule has 3 atom stereocenters. The van der Waals surface area contributed by atoms with Gasteiger partial charge in [-0.15, -0.1) is 0 Å². The summed E-state index contributed by atoms with van der Waals surface area (Å²) in [6.07, 6.45) is 4.92. The number of hydrogen-bond donors (Lipinski definition) is 1. The average Bonchev–Trinajstić information content (AvgIpc) is 3.33. The van der Waals surface area contributed by atoms with Crippen molar-refractivity contribution in [1.29, 1.82) is 0 Å². The van der Waals surface area contributed by atoms with Crippen molar-refractivity contribution >= 4 is 17.7 Å². The highest BCUT2D eigenvalue weighted by Crippen LogP contribution is 2.47. The van der Waals surface area contributed by atoms with Gasteiger partial charge in [-0.1, -0.05) is 43.2 Å².